The number of benzene rings is 2. The zero-order chi connectivity index (χ0) is 23.5. The number of carbonyl (C=O) groups excluding carboxylic acids is 1. The number of carbonyl (C=O) groups is 1. The molecule has 0 saturated heterocycles. The van der Waals surface area contributed by atoms with E-state index in [1.807, 2.05) is 49.8 Å². The first-order valence-electron chi connectivity index (χ1n) is 9.79. The Kier molecular flexibility index (Phi) is 7.29. The van der Waals surface area contributed by atoms with Crippen LogP contribution in [0.3, 0.4) is 0 Å². The van der Waals surface area contributed by atoms with E-state index >= 15 is 0 Å². The second kappa shape index (κ2) is 10.2. The molecule has 6 nitrogen and oxygen atoms in total. The Labute approximate surface area is 209 Å². The van der Waals surface area contributed by atoms with Crippen molar-refractivity contribution < 1.29 is 4.79 Å². The van der Waals surface area contributed by atoms with Crippen LogP contribution < -0.4 is 10.6 Å². The van der Waals surface area contributed by atoms with Crippen molar-refractivity contribution in [2.24, 2.45) is 0 Å². The minimum atomic E-state index is -0.440. The molecule has 0 unspecified atom stereocenters. The molecule has 2 aromatic carbocycles. The molecule has 33 heavy (non-hydrogen) atoms. The largest absolute Gasteiger partial charge is 0.323 e. The highest BCUT2D eigenvalue weighted by Crippen LogP contribution is 2.39. The van der Waals surface area contributed by atoms with Gasteiger partial charge >= 0.3 is 6.03 Å². The first-order chi connectivity index (χ1) is 15.9. The number of pyridine rings is 1. The van der Waals surface area contributed by atoms with E-state index in [-0.39, 0.29) is 0 Å². The number of rotatable bonds is 5. The maximum atomic E-state index is 13.1. The van der Waals surface area contributed by atoms with Crippen LogP contribution in [0, 0.1) is 6.92 Å². The van der Waals surface area contributed by atoms with E-state index in [0.717, 1.165) is 22.0 Å². The molecule has 4 aromatic rings. The van der Waals surface area contributed by atoms with Gasteiger partial charge in [-0.1, -0.05) is 41.4 Å². The standard InChI is InChI=1S/C23H19Cl2N5OS2/c1-12-27-21(32-2)20(22(28-12)33-3)30-23(31)29-18-11-26-17-9-8-13(24)10-15(17)19(18)14-6-4-5-7-16(14)25/h4-11H,1-3H3,(H2,29,30,31). The first kappa shape index (κ1) is 23.6. The molecule has 2 heterocycles. The number of hydrogen-bond acceptors (Lipinski definition) is 6. The number of thioether (sulfide) groups is 2. The van der Waals surface area contributed by atoms with Gasteiger partial charge in [-0.15, -0.1) is 23.5 Å². The second-order valence-electron chi connectivity index (χ2n) is 6.93. The van der Waals surface area contributed by atoms with Gasteiger partial charge in [0, 0.05) is 26.6 Å². The average molecular weight is 516 g/mol. The van der Waals surface area contributed by atoms with E-state index in [1.54, 1.807) is 18.3 Å². The summed E-state index contributed by atoms with van der Waals surface area (Å²) in [6.07, 6.45) is 5.42. The summed E-state index contributed by atoms with van der Waals surface area (Å²) in [7, 11) is 0. The molecule has 0 saturated carbocycles. The van der Waals surface area contributed by atoms with Crippen molar-refractivity contribution in [1.82, 2.24) is 15.0 Å². The van der Waals surface area contributed by atoms with Gasteiger partial charge in [0.15, 0.2) is 0 Å². The molecular formula is C23H19Cl2N5OS2. The summed E-state index contributed by atoms with van der Waals surface area (Å²) in [6.45, 7) is 1.82. The number of amides is 2. The number of urea groups is 1. The van der Waals surface area contributed by atoms with Crippen molar-refractivity contribution >= 4 is 75.0 Å². The highest BCUT2D eigenvalue weighted by atomic mass is 35.5. The molecule has 4 rings (SSSR count). The molecule has 0 atom stereocenters. The summed E-state index contributed by atoms with van der Waals surface area (Å²) in [5, 5.41) is 9.10. The SMILES string of the molecule is CSc1nc(C)nc(SC)c1NC(=O)Nc1cnc2ccc(Cl)cc2c1-c1ccccc1Cl. The van der Waals surface area contributed by atoms with Gasteiger partial charge in [-0.3, -0.25) is 4.98 Å². The molecule has 0 fully saturated rings. The highest BCUT2D eigenvalue weighted by Gasteiger charge is 2.19. The van der Waals surface area contributed by atoms with Crippen molar-refractivity contribution in [3.8, 4) is 11.1 Å². The molecule has 0 aliphatic rings. The smallest absolute Gasteiger partial charge is 0.306 e. The fourth-order valence-electron chi connectivity index (χ4n) is 3.41. The Morgan fingerprint density at radius 2 is 1.67 bits per heavy atom. The van der Waals surface area contributed by atoms with Crippen LogP contribution in [-0.2, 0) is 0 Å². The lowest BCUT2D eigenvalue weighted by Gasteiger charge is -2.17. The van der Waals surface area contributed by atoms with Gasteiger partial charge in [-0.25, -0.2) is 14.8 Å². The Morgan fingerprint density at radius 1 is 0.970 bits per heavy atom. The third kappa shape index (κ3) is 5.04. The quantitative estimate of drug-likeness (QED) is 0.213. The van der Waals surface area contributed by atoms with Crippen LogP contribution in [0.1, 0.15) is 5.82 Å². The van der Waals surface area contributed by atoms with Crippen LogP contribution in [0.2, 0.25) is 10.0 Å². The van der Waals surface area contributed by atoms with Crippen molar-refractivity contribution in [1.29, 1.82) is 0 Å². The molecule has 2 N–H and O–H groups in total. The normalized spacial score (nSPS) is 10.9. The lowest BCUT2D eigenvalue weighted by atomic mass is 9.99. The zero-order valence-corrected chi connectivity index (χ0v) is 21.1. The van der Waals surface area contributed by atoms with Crippen molar-refractivity contribution in [2.75, 3.05) is 23.1 Å². The third-order valence-electron chi connectivity index (χ3n) is 4.80. The number of nitrogens with zero attached hydrogens (tertiary/aromatic N) is 3. The average Bonchev–Trinajstić information content (AvgIpc) is 2.80. The second-order valence-corrected chi connectivity index (χ2v) is 9.37. The van der Waals surface area contributed by atoms with Crippen molar-refractivity contribution in [3.63, 3.8) is 0 Å². The van der Waals surface area contributed by atoms with Gasteiger partial charge in [0.25, 0.3) is 0 Å². The highest BCUT2D eigenvalue weighted by molar-refractivity contribution is 7.99. The summed E-state index contributed by atoms with van der Waals surface area (Å²) in [4.78, 5) is 26.5. The maximum Gasteiger partial charge on any atom is 0.323 e. The van der Waals surface area contributed by atoms with Crippen LogP contribution in [0.4, 0.5) is 16.2 Å². The molecule has 0 aliphatic carbocycles. The van der Waals surface area contributed by atoms with Crippen LogP contribution in [0.15, 0.2) is 58.7 Å². The minimum Gasteiger partial charge on any atom is -0.306 e. The van der Waals surface area contributed by atoms with Crippen LogP contribution in [-0.4, -0.2) is 33.5 Å². The molecule has 2 amide bonds. The number of aryl methyl sites for hydroxylation is 1. The first-order valence-corrected chi connectivity index (χ1v) is 13.0. The Morgan fingerprint density at radius 3 is 2.33 bits per heavy atom. The zero-order valence-electron chi connectivity index (χ0n) is 17.9. The molecular weight excluding hydrogens is 497 g/mol. The third-order valence-corrected chi connectivity index (χ3v) is 6.73. The Hall–Kier alpha value is -2.52. The van der Waals surface area contributed by atoms with Gasteiger partial charge in [-0.2, -0.15) is 0 Å². The molecule has 168 valence electrons. The maximum absolute atomic E-state index is 13.1. The molecule has 10 heteroatoms. The van der Waals surface area contributed by atoms with E-state index in [9.17, 15) is 4.79 Å². The lowest BCUT2D eigenvalue weighted by molar-refractivity contribution is 0.262. The molecule has 0 bridgehead atoms. The number of halogens is 2. The summed E-state index contributed by atoms with van der Waals surface area (Å²) in [5.74, 6) is 0.645. The van der Waals surface area contributed by atoms with Gasteiger partial charge < -0.3 is 10.6 Å². The van der Waals surface area contributed by atoms with Crippen LogP contribution in [0.5, 0.6) is 0 Å². The van der Waals surface area contributed by atoms with E-state index in [4.69, 9.17) is 23.2 Å². The Bertz CT molecular complexity index is 1340. The van der Waals surface area contributed by atoms with Gasteiger partial charge in [0.2, 0.25) is 0 Å². The molecule has 2 aromatic heterocycles. The van der Waals surface area contributed by atoms with E-state index in [2.05, 4.69) is 25.6 Å². The minimum absolute atomic E-state index is 0.440. The van der Waals surface area contributed by atoms with Crippen molar-refractivity contribution in [3.05, 3.63) is 64.5 Å². The molecule has 0 radical (unpaired) electrons. The number of aromatic nitrogens is 3. The molecule has 0 aliphatic heterocycles. The predicted octanol–water partition coefficient (Wildman–Crippen LogP) is 7.39. The van der Waals surface area contributed by atoms with E-state index in [1.165, 1.54) is 23.5 Å². The summed E-state index contributed by atoms with van der Waals surface area (Å²) >= 11 is 15.7. The number of nitrogens with one attached hydrogen (secondary N) is 2. The monoisotopic (exact) mass is 515 g/mol. The van der Waals surface area contributed by atoms with E-state index in [0.29, 0.717) is 37.3 Å². The number of anilines is 2. The Balaban J connectivity index is 1.78. The fraction of sp³-hybridized carbons (Fsp3) is 0.130. The topological polar surface area (TPSA) is 79.8 Å². The fourth-order valence-corrected chi connectivity index (χ4v) is 5.02. The summed E-state index contributed by atoms with van der Waals surface area (Å²) < 4.78 is 0. The van der Waals surface area contributed by atoms with Gasteiger partial charge in [0.05, 0.1) is 17.4 Å². The van der Waals surface area contributed by atoms with Crippen LogP contribution in [0.25, 0.3) is 22.0 Å². The van der Waals surface area contributed by atoms with Gasteiger partial charge in [0.1, 0.15) is 21.6 Å². The number of hydrogen-bond donors (Lipinski definition) is 2. The van der Waals surface area contributed by atoms with E-state index < -0.39 is 6.03 Å². The summed E-state index contributed by atoms with van der Waals surface area (Å²) in [5.41, 5.74) is 3.30. The van der Waals surface area contributed by atoms with Crippen molar-refractivity contribution in [2.45, 2.75) is 17.0 Å². The van der Waals surface area contributed by atoms with Gasteiger partial charge in [-0.05, 0) is 43.7 Å². The lowest BCUT2D eigenvalue weighted by Crippen LogP contribution is -2.21. The number of fused-ring (bicyclic) bond motifs is 1. The van der Waals surface area contributed by atoms with Crippen LogP contribution >= 0.6 is 46.7 Å². The predicted molar refractivity (Wildman–Crippen MR) is 140 cm³/mol. The molecule has 0 spiro atoms. The summed E-state index contributed by atoms with van der Waals surface area (Å²) in [6, 6.07) is 12.4.